The van der Waals surface area contributed by atoms with Gasteiger partial charge in [0.05, 0.1) is 9.80 Å². The number of carbonyl (C=O) groups is 1. The summed E-state index contributed by atoms with van der Waals surface area (Å²) in [5.41, 5.74) is 2.76. The van der Waals surface area contributed by atoms with E-state index in [-0.39, 0.29) is 11.6 Å². The zero-order valence-electron chi connectivity index (χ0n) is 14.2. The van der Waals surface area contributed by atoms with Crippen molar-refractivity contribution in [3.8, 4) is 10.6 Å². The van der Waals surface area contributed by atoms with E-state index in [0.717, 1.165) is 16.1 Å². The highest BCUT2D eigenvalue weighted by molar-refractivity contribution is 7.13. The van der Waals surface area contributed by atoms with Crippen LogP contribution in [0.1, 0.15) is 15.9 Å². The van der Waals surface area contributed by atoms with Gasteiger partial charge in [0.2, 0.25) is 0 Å². The van der Waals surface area contributed by atoms with Gasteiger partial charge < -0.3 is 5.32 Å². The van der Waals surface area contributed by atoms with Crippen LogP contribution >= 0.6 is 11.3 Å². The first-order chi connectivity index (χ1) is 13.0. The van der Waals surface area contributed by atoms with E-state index in [1.54, 1.807) is 0 Å². The van der Waals surface area contributed by atoms with Crippen molar-refractivity contribution in [2.45, 2.75) is 6.92 Å². The molecular weight excluding hydrogens is 364 g/mol. The Labute approximate surface area is 158 Å². The van der Waals surface area contributed by atoms with E-state index >= 15 is 0 Å². The number of amides is 1. The number of imidazole rings is 1. The Morgan fingerprint density at radius 2 is 2.00 bits per heavy atom. The Balaban J connectivity index is 1.75. The minimum absolute atomic E-state index is 0.0592. The van der Waals surface area contributed by atoms with Crippen molar-refractivity contribution in [1.82, 2.24) is 9.38 Å². The number of thiophene rings is 1. The Hall–Kier alpha value is -3.52. The lowest BCUT2D eigenvalue weighted by atomic mass is 10.2. The fraction of sp³-hybridized carbons (Fsp3) is 0.0526. The monoisotopic (exact) mass is 378 g/mol. The van der Waals surface area contributed by atoms with Crippen LogP contribution in [0, 0.1) is 17.0 Å². The number of carbonyl (C=O) groups excluding carboxylic acids is 1. The molecule has 0 unspecified atom stereocenters. The van der Waals surface area contributed by atoms with Crippen molar-refractivity contribution in [3.63, 3.8) is 0 Å². The molecule has 1 amide bonds. The van der Waals surface area contributed by atoms with E-state index in [2.05, 4.69) is 10.3 Å². The van der Waals surface area contributed by atoms with Gasteiger partial charge in [-0.2, -0.15) is 0 Å². The molecule has 0 atom stereocenters. The topological polar surface area (TPSA) is 89.5 Å². The SMILES string of the molecule is Cc1ccn2c(NC(=O)c3ccc([N+](=O)[O-])cc3)c(-c3cccs3)nc2c1. The maximum absolute atomic E-state index is 12.7. The maximum atomic E-state index is 12.7. The summed E-state index contributed by atoms with van der Waals surface area (Å²) >= 11 is 1.54. The molecule has 0 bridgehead atoms. The fourth-order valence-corrected chi connectivity index (χ4v) is 3.48. The number of fused-ring (bicyclic) bond motifs is 1. The normalized spacial score (nSPS) is 10.9. The van der Waals surface area contributed by atoms with Gasteiger partial charge in [0.1, 0.15) is 17.2 Å². The molecule has 4 aromatic rings. The van der Waals surface area contributed by atoms with Crippen molar-refractivity contribution in [2.24, 2.45) is 0 Å². The third kappa shape index (κ3) is 3.18. The maximum Gasteiger partial charge on any atom is 0.269 e. The van der Waals surface area contributed by atoms with Crippen molar-refractivity contribution in [2.75, 3.05) is 5.32 Å². The molecule has 4 rings (SSSR count). The van der Waals surface area contributed by atoms with E-state index in [1.165, 1.54) is 35.6 Å². The van der Waals surface area contributed by atoms with Gasteiger partial charge in [-0.25, -0.2) is 4.98 Å². The van der Waals surface area contributed by atoms with Crippen molar-refractivity contribution in [1.29, 1.82) is 0 Å². The number of aryl methyl sites for hydroxylation is 1. The zero-order valence-corrected chi connectivity index (χ0v) is 15.1. The van der Waals surface area contributed by atoms with Gasteiger partial charge in [-0.3, -0.25) is 19.3 Å². The number of pyridine rings is 1. The largest absolute Gasteiger partial charge is 0.306 e. The van der Waals surface area contributed by atoms with Gasteiger partial charge >= 0.3 is 0 Å². The highest BCUT2D eigenvalue weighted by Crippen LogP contribution is 2.32. The number of aromatic nitrogens is 2. The number of hydrogen-bond donors (Lipinski definition) is 1. The van der Waals surface area contributed by atoms with Crippen LogP contribution in [-0.4, -0.2) is 20.2 Å². The molecule has 0 saturated heterocycles. The van der Waals surface area contributed by atoms with Crippen LogP contribution in [0.2, 0.25) is 0 Å². The first-order valence-corrected chi connectivity index (χ1v) is 8.99. The van der Waals surface area contributed by atoms with Gasteiger partial charge in [-0.05, 0) is 48.2 Å². The first kappa shape index (κ1) is 16.9. The Morgan fingerprint density at radius 1 is 1.22 bits per heavy atom. The molecule has 0 aliphatic rings. The van der Waals surface area contributed by atoms with Crippen LogP contribution in [0.3, 0.4) is 0 Å². The molecule has 134 valence electrons. The summed E-state index contributed by atoms with van der Waals surface area (Å²) in [6.07, 6.45) is 1.86. The Kier molecular flexibility index (Phi) is 4.17. The molecule has 3 heterocycles. The van der Waals surface area contributed by atoms with Gasteiger partial charge in [0.15, 0.2) is 0 Å². The van der Waals surface area contributed by atoms with Gasteiger partial charge in [0.25, 0.3) is 11.6 Å². The molecule has 0 spiro atoms. The average Bonchev–Trinajstić information content (AvgIpc) is 3.29. The standard InChI is InChI=1S/C19H14N4O3S/c1-12-8-9-22-16(11-12)20-17(15-3-2-10-27-15)18(22)21-19(24)13-4-6-14(7-5-13)23(25)26/h2-11H,1H3,(H,21,24). The molecule has 8 heteroatoms. The number of benzene rings is 1. The predicted octanol–water partition coefficient (Wildman–Crippen LogP) is 4.53. The molecule has 0 radical (unpaired) electrons. The molecule has 0 aliphatic heterocycles. The van der Waals surface area contributed by atoms with Crippen LogP contribution in [0.25, 0.3) is 16.2 Å². The van der Waals surface area contributed by atoms with Gasteiger partial charge in [-0.1, -0.05) is 6.07 Å². The molecule has 0 saturated carbocycles. The van der Waals surface area contributed by atoms with Crippen LogP contribution in [0.5, 0.6) is 0 Å². The lowest BCUT2D eigenvalue weighted by Gasteiger charge is -2.07. The molecule has 1 N–H and O–H groups in total. The van der Waals surface area contributed by atoms with E-state index in [1.807, 2.05) is 47.2 Å². The third-order valence-corrected chi connectivity index (χ3v) is 4.99. The molecule has 3 aromatic heterocycles. The lowest BCUT2D eigenvalue weighted by Crippen LogP contribution is -2.14. The number of non-ortho nitro benzene ring substituents is 1. The van der Waals surface area contributed by atoms with E-state index < -0.39 is 4.92 Å². The molecule has 0 aliphatic carbocycles. The van der Waals surface area contributed by atoms with Crippen LogP contribution < -0.4 is 5.32 Å². The number of anilines is 1. The number of nitrogens with zero attached hydrogens (tertiary/aromatic N) is 3. The highest BCUT2D eigenvalue weighted by Gasteiger charge is 2.18. The second-order valence-corrected chi connectivity index (χ2v) is 6.92. The predicted molar refractivity (Wildman–Crippen MR) is 104 cm³/mol. The second kappa shape index (κ2) is 6.65. The number of nitro groups is 1. The minimum atomic E-state index is -0.497. The zero-order chi connectivity index (χ0) is 19.0. The molecule has 1 aromatic carbocycles. The molecule has 27 heavy (non-hydrogen) atoms. The summed E-state index contributed by atoms with van der Waals surface area (Å²) in [6.45, 7) is 1.98. The quantitative estimate of drug-likeness (QED) is 0.417. The smallest absolute Gasteiger partial charge is 0.269 e. The number of nitro benzene ring substituents is 1. The summed E-state index contributed by atoms with van der Waals surface area (Å²) in [4.78, 5) is 28.6. The molecule has 0 fully saturated rings. The second-order valence-electron chi connectivity index (χ2n) is 5.98. The fourth-order valence-electron chi connectivity index (χ4n) is 2.77. The van der Waals surface area contributed by atoms with E-state index in [0.29, 0.717) is 17.1 Å². The summed E-state index contributed by atoms with van der Waals surface area (Å²) in [7, 11) is 0. The number of rotatable bonds is 4. The summed E-state index contributed by atoms with van der Waals surface area (Å²) < 4.78 is 1.82. The van der Waals surface area contributed by atoms with Crippen LogP contribution in [0.15, 0.2) is 60.1 Å². The van der Waals surface area contributed by atoms with Crippen molar-refractivity contribution < 1.29 is 9.72 Å². The first-order valence-electron chi connectivity index (χ1n) is 8.11. The lowest BCUT2D eigenvalue weighted by molar-refractivity contribution is -0.384. The van der Waals surface area contributed by atoms with Gasteiger partial charge in [-0.15, -0.1) is 11.3 Å². The summed E-state index contributed by atoms with van der Waals surface area (Å²) in [6, 6.07) is 13.3. The molecular formula is C19H14N4O3S. The summed E-state index contributed by atoms with van der Waals surface area (Å²) in [5.74, 6) is 0.209. The summed E-state index contributed by atoms with van der Waals surface area (Å²) in [5, 5.41) is 15.6. The van der Waals surface area contributed by atoms with Crippen molar-refractivity contribution >= 4 is 34.4 Å². The Bertz CT molecular complexity index is 1150. The van der Waals surface area contributed by atoms with Crippen molar-refractivity contribution in [3.05, 3.63) is 81.3 Å². The van der Waals surface area contributed by atoms with E-state index in [9.17, 15) is 14.9 Å². The average molecular weight is 378 g/mol. The third-order valence-electron chi connectivity index (χ3n) is 4.11. The van der Waals surface area contributed by atoms with Crippen LogP contribution in [0.4, 0.5) is 11.5 Å². The van der Waals surface area contributed by atoms with E-state index in [4.69, 9.17) is 0 Å². The Morgan fingerprint density at radius 3 is 2.67 bits per heavy atom. The number of hydrogen-bond acceptors (Lipinski definition) is 5. The van der Waals surface area contributed by atoms with Crippen LogP contribution in [-0.2, 0) is 0 Å². The number of nitrogens with one attached hydrogen (secondary N) is 1. The van der Waals surface area contributed by atoms with Gasteiger partial charge in [0, 0.05) is 23.9 Å². The molecule has 7 nitrogen and oxygen atoms in total. The highest BCUT2D eigenvalue weighted by atomic mass is 32.1. The minimum Gasteiger partial charge on any atom is -0.306 e.